The third-order valence-corrected chi connectivity index (χ3v) is 3.39. The van der Waals surface area contributed by atoms with Crippen LogP contribution in [0.25, 0.3) is 0 Å². The molecule has 0 aliphatic heterocycles. The van der Waals surface area contributed by atoms with Crippen LogP contribution in [-0.2, 0) is 19.2 Å². The van der Waals surface area contributed by atoms with Gasteiger partial charge in [0.25, 0.3) is 0 Å². The van der Waals surface area contributed by atoms with Gasteiger partial charge in [-0.2, -0.15) is 18.4 Å². The summed E-state index contributed by atoms with van der Waals surface area (Å²) in [6.45, 7) is 0.284. The molecule has 2 aromatic carbocycles. The number of hydrogen-bond acceptors (Lipinski definition) is 3. The van der Waals surface area contributed by atoms with Gasteiger partial charge in [-0.25, -0.2) is 0 Å². The van der Waals surface area contributed by atoms with Crippen LogP contribution in [0.3, 0.4) is 0 Å². The van der Waals surface area contributed by atoms with Crippen LogP contribution in [0.5, 0.6) is 0 Å². The molecule has 0 unspecified atom stereocenters. The Morgan fingerprint density at radius 3 is 2.26 bits per heavy atom. The van der Waals surface area contributed by atoms with Crippen LogP contribution in [-0.4, -0.2) is 11.7 Å². The van der Waals surface area contributed by atoms with Gasteiger partial charge in [0.15, 0.2) is 0 Å². The van der Waals surface area contributed by atoms with Gasteiger partial charge in [-0.1, -0.05) is 24.3 Å². The molecule has 0 heterocycles. The molecule has 0 radical (unpaired) electrons. The Balaban J connectivity index is 2.06. The van der Waals surface area contributed by atoms with Gasteiger partial charge in [0, 0.05) is 12.2 Å². The van der Waals surface area contributed by atoms with Crippen molar-refractivity contribution in [1.82, 2.24) is 0 Å². The van der Waals surface area contributed by atoms with E-state index in [2.05, 4.69) is 5.32 Å². The molecule has 23 heavy (non-hydrogen) atoms. The van der Waals surface area contributed by atoms with E-state index in [9.17, 15) is 13.2 Å². The number of benzene rings is 2. The van der Waals surface area contributed by atoms with E-state index in [1.54, 1.807) is 18.2 Å². The van der Waals surface area contributed by atoms with E-state index in [-0.39, 0.29) is 17.9 Å². The SMILES string of the molecule is N#Cc1ccc(NCCc2ccc(CO)cc2)c(C(F)(F)F)c1. The molecule has 0 atom stereocenters. The van der Waals surface area contributed by atoms with Gasteiger partial charge < -0.3 is 10.4 Å². The molecule has 0 saturated carbocycles. The zero-order chi connectivity index (χ0) is 16.9. The number of aliphatic hydroxyl groups excluding tert-OH is 1. The Morgan fingerprint density at radius 2 is 1.70 bits per heavy atom. The largest absolute Gasteiger partial charge is 0.418 e. The monoisotopic (exact) mass is 320 g/mol. The molecular formula is C17H15F3N2O. The van der Waals surface area contributed by atoms with Gasteiger partial charge in [0.2, 0.25) is 0 Å². The average molecular weight is 320 g/mol. The van der Waals surface area contributed by atoms with Crippen molar-refractivity contribution in [3.63, 3.8) is 0 Å². The lowest BCUT2D eigenvalue weighted by Gasteiger charge is -2.15. The second-order valence-electron chi connectivity index (χ2n) is 5.02. The zero-order valence-corrected chi connectivity index (χ0v) is 12.2. The zero-order valence-electron chi connectivity index (χ0n) is 12.2. The summed E-state index contributed by atoms with van der Waals surface area (Å²) >= 11 is 0. The Kier molecular flexibility index (Phi) is 5.24. The third kappa shape index (κ3) is 4.47. The summed E-state index contributed by atoms with van der Waals surface area (Å²) in [7, 11) is 0. The van der Waals surface area contributed by atoms with Crippen LogP contribution in [0.15, 0.2) is 42.5 Å². The lowest BCUT2D eigenvalue weighted by Crippen LogP contribution is -2.13. The Labute approximate surface area is 132 Å². The first-order valence-corrected chi connectivity index (χ1v) is 6.98. The summed E-state index contributed by atoms with van der Waals surface area (Å²) in [5.74, 6) is 0. The lowest BCUT2D eigenvalue weighted by molar-refractivity contribution is -0.137. The van der Waals surface area contributed by atoms with E-state index >= 15 is 0 Å². The van der Waals surface area contributed by atoms with E-state index in [1.807, 2.05) is 12.1 Å². The van der Waals surface area contributed by atoms with Gasteiger partial charge in [-0.05, 0) is 35.7 Å². The van der Waals surface area contributed by atoms with Crippen LogP contribution in [0.2, 0.25) is 0 Å². The van der Waals surface area contributed by atoms with Crippen molar-refractivity contribution in [1.29, 1.82) is 5.26 Å². The molecule has 3 nitrogen and oxygen atoms in total. The van der Waals surface area contributed by atoms with Crippen molar-refractivity contribution >= 4 is 5.69 Å². The number of rotatable bonds is 5. The van der Waals surface area contributed by atoms with Crippen molar-refractivity contribution in [2.45, 2.75) is 19.2 Å². The summed E-state index contributed by atoms with van der Waals surface area (Å²) in [6, 6.07) is 12.4. The van der Waals surface area contributed by atoms with Gasteiger partial charge in [0.05, 0.1) is 23.8 Å². The number of nitrogens with zero attached hydrogens (tertiary/aromatic N) is 1. The standard InChI is InChI=1S/C17H15F3N2O/c18-17(19,20)15-9-14(10-21)5-6-16(15)22-8-7-12-1-3-13(11-23)4-2-12/h1-6,9,22-23H,7-8,11H2. The summed E-state index contributed by atoms with van der Waals surface area (Å²) < 4.78 is 39.1. The number of nitriles is 1. The van der Waals surface area contributed by atoms with E-state index in [0.29, 0.717) is 13.0 Å². The molecule has 0 fully saturated rings. The fourth-order valence-electron chi connectivity index (χ4n) is 2.16. The predicted octanol–water partition coefficient (Wildman–Crippen LogP) is 3.72. The number of anilines is 1. The third-order valence-electron chi connectivity index (χ3n) is 3.39. The summed E-state index contributed by atoms with van der Waals surface area (Å²) in [6.07, 6.45) is -3.97. The molecule has 2 rings (SSSR count). The molecule has 0 spiro atoms. The molecular weight excluding hydrogens is 305 g/mol. The molecule has 0 saturated heterocycles. The van der Waals surface area contributed by atoms with Crippen LogP contribution in [0.1, 0.15) is 22.3 Å². The average Bonchev–Trinajstić information content (AvgIpc) is 2.54. The predicted molar refractivity (Wildman–Crippen MR) is 80.7 cm³/mol. The molecule has 0 aliphatic rings. The maximum absolute atomic E-state index is 13.0. The number of halogens is 3. The summed E-state index contributed by atoms with van der Waals surface area (Å²) in [5, 5.41) is 20.5. The van der Waals surface area contributed by atoms with Gasteiger partial charge in [-0.3, -0.25) is 0 Å². The molecule has 0 amide bonds. The van der Waals surface area contributed by atoms with Crippen LogP contribution >= 0.6 is 0 Å². The van der Waals surface area contributed by atoms with Crippen molar-refractivity contribution in [3.05, 3.63) is 64.7 Å². The topological polar surface area (TPSA) is 56.0 Å². The van der Waals surface area contributed by atoms with E-state index in [1.165, 1.54) is 12.1 Å². The van der Waals surface area contributed by atoms with E-state index in [4.69, 9.17) is 10.4 Å². The number of aliphatic hydroxyl groups is 1. The van der Waals surface area contributed by atoms with Crippen LogP contribution in [0, 0.1) is 11.3 Å². The molecule has 0 aliphatic carbocycles. The Hall–Kier alpha value is -2.52. The first-order chi connectivity index (χ1) is 10.9. The highest BCUT2D eigenvalue weighted by atomic mass is 19.4. The fraction of sp³-hybridized carbons (Fsp3) is 0.235. The smallest absolute Gasteiger partial charge is 0.392 e. The second-order valence-corrected chi connectivity index (χ2v) is 5.02. The van der Waals surface area contributed by atoms with Gasteiger partial charge in [-0.15, -0.1) is 0 Å². The minimum atomic E-state index is -4.52. The van der Waals surface area contributed by atoms with Crippen molar-refractivity contribution < 1.29 is 18.3 Å². The van der Waals surface area contributed by atoms with Crippen molar-refractivity contribution in [3.8, 4) is 6.07 Å². The van der Waals surface area contributed by atoms with Crippen LogP contribution < -0.4 is 5.32 Å². The van der Waals surface area contributed by atoms with E-state index < -0.39 is 11.7 Å². The first kappa shape index (κ1) is 16.8. The molecule has 6 heteroatoms. The number of nitrogens with one attached hydrogen (secondary N) is 1. The first-order valence-electron chi connectivity index (χ1n) is 6.98. The molecule has 0 aromatic heterocycles. The second kappa shape index (κ2) is 7.16. The van der Waals surface area contributed by atoms with Crippen molar-refractivity contribution in [2.75, 3.05) is 11.9 Å². The summed E-state index contributed by atoms with van der Waals surface area (Å²) in [4.78, 5) is 0. The van der Waals surface area contributed by atoms with Crippen molar-refractivity contribution in [2.24, 2.45) is 0 Å². The highest BCUT2D eigenvalue weighted by Crippen LogP contribution is 2.35. The minimum Gasteiger partial charge on any atom is -0.392 e. The fourth-order valence-corrected chi connectivity index (χ4v) is 2.16. The highest BCUT2D eigenvalue weighted by Gasteiger charge is 2.33. The quantitative estimate of drug-likeness (QED) is 0.883. The number of hydrogen-bond donors (Lipinski definition) is 2. The minimum absolute atomic E-state index is 0.0255. The maximum Gasteiger partial charge on any atom is 0.418 e. The molecule has 0 bridgehead atoms. The Morgan fingerprint density at radius 1 is 1.04 bits per heavy atom. The van der Waals surface area contributed by atoms with E-state index in [0.717, 1.165) is 17.2 Å². The Bertz CT molecular complexity index is 703. The highest BCUT2D eigenvalue weighted by molar-refractivity contribution is 5.56. The molecule has 120 valence electrons. The number of alkyl halides is 3. The van der Waals surface area contributed by atoms with Crippen LogP contribution in [0.4, 0.5) is 18.9 Å². The molecule has 2 N–H and O–H groups in total. The maximum atomic E-state index is 13.0. The lowest BCUT2D eigenvalue weighted by atomic mass is 10.1. The van der Waals surface area contributed by atoms with Gasteiger partial charge in [0.1, 0.15) is 0 Å². The van der Waals surface area contributed by atoms with Gasteiger partial charge >= 0.3 is 6.18 Å². The summed E-state index contributed by atoms with van der Waals surface area (Å²) in [5.41, 5.74) is 0.836. The molecule has 2 aromatic rings. The normalized spacial score (nSPS) is 11.1.